The van der Waals surface area contributed by atoms with E-state index >= 15 is 0 Å². The van der Waals surface area contributed by atoms with Gasteiger partial charge in [-0.25, -0.2) is 14.1 Å². The molecule has 0 fully saturated rings. The molecule has 0 aromatic rings. The van der Waals surface area contributed by atoms with E-state index in [1.165, 1.54) is 6.92 Å². The zero-order chi connectivity index (χ0) is 11.5. The van der Waals surface area contributed by atoms with E-state index < -0.39 is 12.2 Å². The van der Waals surface area contributed by atoms with Crippen molar-refractivity contribution in [2.45, 2.75) is 27.0 Å². The van der Waals surface area contributed by atoms with E-state index in [1.807, 2.05) is 0 Å². The molecule has 0 aliphatic heterocycles. The van der Waals surface area contributed by atoms with E-state index in [4.69, 9.17) is 4.74 Å². The van der Waals surface area contributed by atoms with Crippen LogP contribution in [0.15, 0.2) is 12.2 Å². The third-order valence-electron chi connectivity index (χ3n) is 2.35. The zero-order valence-corrected chi connectivity index (χ0v) is 10.6. The molecule has 5 heteroatoms. The Kier molecular flexibility index (Phi) is 6.49. The molecule has 1 amide bonds. The highest BCUT2D eigenvalue weighted by Crippen LogP contribution is 2.10. The first kappa shape index (κ1) is 16.6. The minimum Gasteiger partial charge on any atom is -1.00 e. The van der Waals surface area contributed by atoms with Crippen LogP contribution in [0, 0.1) is 0 Å². The van der Waals surface area contributed by atoms with Crippen LogP contribution in [-0.4, -0.2) is 36.7 Å². The van der Waals surface area contributed by atoms with Gasteiger partial charge in [-0.3, -0.25) is 0 Å². The highest BCUT2D eigenvalue weighted by molar-refractivity contribution is 5.87. The van der Waals surface area contributed by atoms with Crippen molar-refractivity contribution >= 4 is 11.9 Å². The predicted molar refractivity (Wildman–Crippen MR) is 53.2 cm³/mol. The van der Waals surface area contributed by atoms with Gasteiger partial charge in [-0.15, -0.1) is 0 Å². The summed E-state index contributed by atoms with van der Waals surface area (Å²) < 4.78 is 5.06. The SMILES string of the molecule is C=C(C)C(=O)OC(C)[N+](C)(C)C(C)=O.[Cl-]. The van der Waals surface area contributed by atoms with Gasteiger partial charge in [0, 0.05) is 12.5 Å². The maximum Gasteiger partial charge on any atom is 0.337 e. The molecule has 0 radical (unpaired) electrons. The maximum atomic E-state index is 11.2. The van der Waals surface area contributed by atoms with E-state index in [-0.39, 0.29) is 22.8 Å². The van der Waals surface area contributed by atoms with Gasteiger partial charge in [-0.2, -0.15) is 0 Å². The lowest BCUT2D eigenvalue weighted by Gasteiger charge is -2.31. The normalized spacial score (nSPS) is 12.3. The molecule has 0 rings (SSSR count). The number of nitrogens with zero attached hydrogens (tertiary/aromatic N) is 1. The van der Waals surface area contributed by atoms with E-state index in [9.17, 15) is 9.59 Å². The molecular formula is C10H18ClNO3. The predicted octanol–water partition coefficient (Wildman–Crippen LogP) is -1.92. The quantitative estimate of drug-likeness (QED) is 0.248. The molecule has 15 heavy (non-hydrogen) atoms. The van der Waals surface area contributed by atoms with Crippen molar-refractivity contribution in [1.29, 1.82) is 0 Å². The Balaban J connectivity index is 0. The molecule has 0 bridgehead atoms. The topological polar surface area (TPSA) is 43.4 Å². The number of quaternary nitrogens is 1. The van der Waals surface area contributed by atoms with Crippen LogP contribution in [0.1, 0.15) is 20.8 Å². The van der Waals surface area contributed by atoms with Crippen LogP contribution in [-0.2, 0) is 14.3 Å². The summed E-state index contributed by atoms with van der Waals surface area (Å²) in [6, 6.07) is 0. The van der Waals surface area contributed by atoms with Crippen LogP contribution in [0.3, 0.4) is 0 Å². The maximum absolute atomic E-state index is 11.2. The summed E-state index contributed by atoms with van der Waals surface area (Å²) in [6.45, 7) is 8.19. The fraction of sp³-hybridized carbons (Fsp3) is 0.600. The number of carbonyl (C=O) groups is 2. The van der Waals surface area contributed by atoms with Gasteiger partial charge >= 0.3 is 11.9 Å². The molecule has 0 heterocycles. The molecule has 4 nitrogen and oxygen atoms in total. The second-order valence-electron chi connectivity index (χ2n) is 3.84. The summed E-state index contributed by atoms with van der Waals surface area (Å²) >= 11 is 0. The Bertz CT molecular complexity index is 274. The lowest BCUT2D eigenvalue weighted by Crippen LogP contribution is -3.00. The monoisotopic (exact) mass is 235 g/mol. The minimum atomic E-state index is -0.503. The van der Waals surface area contributed by atoms with Gasteiger partial charge in [0.25, 0.3) is 0 Å². The van der Waals surface area contributed by atoms with Crippen LogP contribution < -0.4 is 12.4 Å². The molecule has 1 unspecified atom stereocenters. The number of rotatable bonds is 3. The number of ether oxygens (including phenoxy) is 1. The third-order valence-corrected chi connectivity index (χ3v) is 2.35. The smallest absolute Gasteiger partial charge is 0.337 e. The molecular weight excluding hydrogens is 218 g/mol. The van der Waals surface area contributed by atoms with Crippen molar-refractivity contribution in [1.82, 2.24) is 0 Å². The average Bonchev–Trinajstić information content (AvgIpc) is 2.03. The Morgan fingerprint density at radius 1 is 1.27 bits per heavy atom. The van der Waals surface area contributed by atoms with Crippen molar-refractivity contribution < 1.29 is 31.2 Å². The molecule has 0 N–H and O–H groups in total. The highest BCUT2D eigenvalue weighted by atomic mass is 35.5. The van der Waals surface area contributed by atoms with E-state index in [0.29, 0.717) is 5.57 Å². The lowest BCUT2D eigenvalue weighted by molar-refractivity contribution is -0.860. The third kappa shape index (κ3) is 4.44. The van der Waals surface area contributed by atoms with Gasteiger partial charge in [-0.05, 0) is 6.92 Å². The number of esters is 1. The minimum absolute atomic E-state index is 0. The molecule has 0 aliphatic rings. The molecule has 0 aromatic carbocycles. The molecule has 0 saturated carbocycles. The number of hydrogen-bond donors (Lipinski definition) is 0. The Morgan fingerprint density at radius 3 is 1.93 bits per heavy atom. The number of carbonyl (C=O) groups excluding carboxylic acids is 2. The fourth-order valence-electron chi connectivity index (χ4n) is 0.643. The standard InChI is InChI=1S/C10H18NO3.ClH/c1-7(2)10(13)14-9(4)11(5,6)8(3)12;/h9H,1H2,2-6H3;1H/q+1;/p-1. The van der Waals surface area contributed by atoms with Gasteiger partial charge in [0.15, 0.2) is 0 Å². The van der Waals surface area contributed by atoms with Crippen LogP contribution in [0.4, 0.5) is 0 Å². The molecule has 1 atom stereocenters. The largest absolute Gasteiger partial charge is 1.00 e. The van der Waals surface area contributed by atoms with E-state index in [0.717, 1.165) is 0 Å². The van der Waals surface area contributed by atoms with Crippen molar-refractivity contribution in [2.24, 2.45) is 0 Å². The second-order valence-corrected chi connectivity index (χ2v) is 3.84. The van der Waals surface area contributed by atoms with Gasteiger partial charge in [0.2, 0.25) is 6.23 Å². The Morgan fingerprint density at radius 2 is 1.67 bits per heavy atom. The number of hydrogen-bond acceptors (Lipinski definition) is 3. The van der Waals surface area contributed by atoms with Gasteiger partial charge < -0.3 is 17.1 Å². The molecule has 88 valence electrons. The Hall–Kier alpha value is -0.870. The van der Waals surface area contributed by atoms with Gasteiger partial charge in [0.1, 0.15) is 0 Å². The van der Waals surface area contributed by atoms with Crippen molar-refractivity contribution in [3.8, 4) is 0 Å². The van der Waals surface area contributed by atoms with Crippen LogP contribution in [0.25, 0.3) is 0 Å². The molecule has 0 saturated heterocycles. The van der Waals surface area contributed by atoms with Gasteiger partial charge in [-0.1, -0.05) is 6.58 Å². The fourth-order valence-corrected chi connectivity index (χ4v) is 0.643. The number of halogens is 1. The zero-order valence-electron chi connectivity index (χ0n) is 9.83. The summed E-state index contributed by atoms with van der Waals surface area (Å²) in [6.07, 6.45) is -0.503. The summed E-state index contributed by atoms with van der Waals surface area (Å²) in [5, 5.41) is 0. The molecule has 0 aliphatic carbocycles. The lowest BCUT2D eigenvalue weighted by atomic mass is 10.3. The Labute approximate surface area is 96.9 Å². The van der Waals surface area contributed by atoms with Crippen LogP contribution in [0.2, 0.25) is 0 Å². The van der Waals surface area contributed by atoms with Crippen molar-refractivity contribution in [3.05, 3.63) is 12.2 Å². The molecule has 0 aromatic heterocycles. The van der Waals surface area contributed by atoms with Crippen LogP contribution in [0.5, 0.6) is 0 Å². The first-order chi connectivity index (χ1) is 6.19. The second kappa shape index (κ2) is 5.88. The summed E-state index contributed by atoms with van der Waals surface area (Å²) in [7, 11) is 3.39. The number of amides is 1. The van der Waals surface area contributed by atoms with Crippen LogP contribution >= 0.6 is 0 Å². The summed E-state index contributed by atoms with van der Waals surface area (Å²) in [5.74, 6) is -0.531. The molecule has 0 spiro atoms. The van der Waals surface area contributed by atoms with Crippen molar-refractivity contribution in [3.63, 3.8) is 0 Å². The van der Waals surface area contributed by atoms with E-state index in [2.05, 4.69) is 6.58 Å². The summed E-state index contributed by atoms with van der Waals surface area (Å²) in [5.41, 5.74) is 0.334. The first-order valence-electron chi connectivity index (χ1n) is 4.41. The van der Waals surface area contributed by atoms with Gasteiger partial charge in [0.05, 0.1) is 21.0 Å². The van der Waals surface area contributed by atoms with Crippen molar-refractivity contribution in [2.75, 3.05) is 14.1 Å². The summed E-state index contributed by atoms with van der Waals surface area (Å²) in [4.78, 5) is 22.4. The van der Waals surface area contributed by atoms with E-state index in [1.54, 1.807) is 27.9 Å². The average molecular weight is 236 g/mol. The first-order valence-corrected chi connectivity index (χ1v) is 4.41. The highest BCUT2D eigenvalue weighted by Gasteiger charge is 2.32.